The van der Waals surface area contributed by atoms with Gasteiger partial charge in [0, 0.05) is 38.2 Å². The second-order valence-electron chi connectivity index (χ2n) is 4.60. The van der Waals surface area contributed by atoms with Gasteiger partial charge in [-0.2, -0.15) is 5.10 Å². The van der Waals surface area contributed by atoms with E-state index in [1.165, 1.54) is 0 Å². The van der Waals surface area contributed by atoms with Gasteiger partial charge in [0.1, 0.15) is 11.6 Å². The van der Waals surface area contributed by atoms with E-state index in [-0.39, 0.29) is 11.6 Å². The lowest BCUT2D eigenvalue weighted by Gasteiger charge is -2.13. The third-order valence-electron chi connectivity index (χ3n) is 3.16. The topological polar surface area (TPSA) is 85.0 Å². The van der Waals surface area contributed by atoms with Gasteiger partial charge >= 0.3 is 0 Å². The van der Waals surface area contributed by atoms with Crippen LogP contribution in [0.2, 0.25) is 0 Å². The predicted octanol–water partition coefficient (Wildman–Crippen LogP) is 0.615. The average molecular weight is 261 g/mol. The van der Waals surface area contributed by atoms with Crippen molar-refractivity contribution in [3.8, 4) is 0 Å². The van der Waals surface area contributed by atoms with Crippen LogP contribution in [0.15, 0.2) is 10.6 Å². The molecule has 1 aliphatic rings. The highest BCUT2D eigenvalue weighted by molar-refractivity contribution is 6.02. The van der Waals surface area contributed by atoms with Gasteiger partial charge in [0.2, 0.25) is 0 Å². The van der Waals surface area contributed by atoms with E-state index in [9.17, 15) is 4.79 Å². The van der Waals surface area contributed by atoms with Crippen molar-refractivity contribution in [2.45, 2.75) is 19.9 Å². The maximum atomic E-state index is 12.1. The molecule has 0 saturated heterocycles. The lowest BCUT2D eigenvalue weighted by atomic mass is 10.1. The van der Waals surface area contributed by atoms with Gasteiger partial charge in [0.05, 0.1) is 5.69 Å². The fourth-order valence-electron chi connectivity index (χ4n) is 2.23. The lowest BCUT2D eigenvalue weighted by molar-refractivity contribution is 0.101. The Labute approximate surface area is 110 Å². The van der Waals surface area contributed by atoms with E-state index in [4.69, 9.17) is 4.52 Å². The van der Waals surface area contributed by atoms with Crippen LogP contribution in [0.1, 0.15) is 27.5 Å². The number of aryl methyl sites for hydroxylation is 2. The molecular weight excluding hydrogens is 246 g/mol. The zero-order chi connectivity index (χ0) is 13.4. The maximum Gasteiger partial charge on any atom is 0.279 e. The number of aromatic nitrogens is 3. The molecule has 19 heavy (non-hydrogen) atoms. The Hall–Kier alpha value is -2.15. The summed E-state index contributed by atoms with van der Waals surface area (Å²) in [5.41, 5.74) is 2.35. The first-order valence-corrected chi connectivity index (χ1v) is 6.15. The van der Waals surface area contributed by atoms with Gasteiger partial charge in [-0.05, 0) is 6.92 Å². The van der Waals surface area contributed by atoms with Gasteiger partial charge in [0.25, 0.3) is 5.91 Å². The van der Waals surface area contributed by atoms with Crippen molar-refractivity contribution < 1.29 is 9.32 Å². The van der Waals surface area contributed by atoms with Crippen molar-refractivity contribution in [1.29, 1.82) is 0 Å². The van der Waals surface area contributed by atoms with E-state index in [1.54, 1.807) is 17.7 Å². The number of rotatable bonds is 2. The molecule has 0 aromatic carbocycles. The Morgan fingerprint density at radius 2 is 2.42 bits per heavy atom. The molecule has 1 aliphatic heterocycles. The second-order valence-corrected chi connectivity index (χ2v) is 4.60. The molecule has 0 unspecified atom stereocenters. The number of carbonyl (C=O) groups excluding carboxylic acids is 1. The summed E-state index contributed by atoms with van der Waals surface area (Å²) in [6.45, 7) is 3.39. The van der Waals surface area contributed by atoms with Gasteiger partial charge in [-0.1, -0.05) is 5.16 Å². The Bertz CT molecular complexity index is 628. The molecular formula is C12H15N5O2. The maximum absolute atomic E-state index is 12.1. The van der Waals surface area contributed by atoms with Crippen LogP contribution in [0.25, 0.3) is 0 Å². The Balaban J connectivity index is 1.87. The smallest absolute Gasteiger partial charge is 0.279 e. The second kappa shape index (κ2) is 4.51. The number of nitrogens with one attached hydrogen (secondary N) is 2. The van der Waals surface area contributed by atoms with E-state index in [2.05, 4.69) is 20.9 Å². The molecule has 2 aromatic rings. The van der Waals surface area contributed by atoms with E-state index >= 15 is 0 Å². The van der Waals surface area contributed by atoms with Crippen molar-refractivity contribution in [2.75, 3.05) is 11.9 Å². The van der Waals surface area contributed by atoms with Crippen molar-refractivity contribution in [3.63, 3.8) is 0 Å². The summed E-state index contributed by atoms with van der Waals surface area (Å²) >= 11 is 0. The fraction of sp³-hybridized carbons (Fsp3) is 0.417. The third-order valence-corrected chi connectivity index (χ3v) is 3.16. The average Bonchev–Trinajstić information content (AvgIpc) is 2.95. The molecule has 0 spiro atoms. The number of amides is 1. The fourth-order valence-corrected chi connectivity index (χ4v) is 2.23. The molecule has 7 heteroatoms. The van der Waals surface area contributed by atoms with Gasteiger partial charge in [0.15, 0.2) is 5.69 Å². The van der Waals surface area contributed by atoms with E-state index in [0.717, 1.165) is 30.8 Å². The Kier molecular flexibility index (Phi) is 2.83. The first-order valence-electron chi connectivity index (χ1n) is 6.15. The number of hydrogen-bond donors (Lipinski definition) is 2. The Morgan fingerprint density at radius 1 is 1.58 bits per heavy atom. The van der Waals surface area contributed by atoms with Crippen LogP contribution in [0.3, 0.4) is 0 Å². The number of carbonyl (C=O) groups is 1. The van der Waals surface area contributed by atoms with Crippen LogP contribution >= 0.6 is 0 Å². The third kappa shape index (κ3) is 2.12. The van der Waals surface area contributed by atoms with Gasteiger partial charge < -0.3 is 15.2 Å². The molecule has 0 aliphatic carbocycles. The quantitative estimate of drug-likeness (QED) is 0.827. The summed E-state index contributed by atoms with van der Waals surface area (Å²) in [6, 6.07) is 1.61. The number of anilines is 1. The van der Waals surface area contributed by atoms with Crippen LogP contribution in [-0.2, 0) is 20.0 Å². The molecule has 0 atom stereocenters. The van der Waals surface area contributed by atoms with Crippen LogP contribution in [-0.4, -0.2) is 27.4 Å². The molecule has 0 saturated carbocycles. The standard InChI is InChI=1S/C12H15N5O2/c1-7-5-10(16-19-7)12(18)14-11-8-6-13-4-3-9(8)15-17(11)2/h5,13H,3-4,6H2,1-2H3,(H,14,18). The van der Waals surface area contributed by atoms with Gasteiger partial charge in [-0.15, -0.1) is 0 Å². The molecule has 1 amide bonds. The van der Waals surface area contributed by atoms with Crippen LogP contribution in [0.5, 0.6) is 0 Å². The predicted molar refractivity (Wildman–Crippen MR) is 67.8 cm³/mol. The molecule has 2 N–H and O–H groups in total. The molecule has 3 heterocycles. The zero-order valence-corrected chi connectivity index (χ0v) is 10.9. The Morgan fingerprint density at radius 3 is 3.16 bits per heavy atom. The summed E-state index contributed by atoms with van der Waals surface area (Å²) in [5, 5.41) is 14.2. The van der Waals surface area contributed by atoms with E-state index in [1.807, 2.05) is 7.05 Å². The van der Waals surface area contributed by atoms with Crippen molar-refractivity contribution in [2.24, 2.45) is 7.05 Å². The van der Waals surface area contributed by atoms with Crippen molar-refractivity contribution in [3.05, 3.63) is 28.8 Å². The lowest BCUT2D eigenvalue weighted by Crippen LogP contribution is -2.24. The van der Waals surface area contributed by atoms with Crippen molar-refractivity contribution >= 4 is 11.7 Å². The summed E-state index contributed by atoms with van der Waals surface area (Å²) in [7, 11) is 1.82. The largest absolute Gasteiger partial charge is 0.361 e. The van der Waals surface area contributed by atoms with Crippen LogP contribution in [0, 0.1) is 6.92 Å². The first-order chi connectivity index (χ1) is 9.15. The van der Waals surface area contributed by atoms with Gasteiger partial charge in [-0.3, -0.25) is 9.48 Å². The molecule has 100 valence electrons. The number of nitrogens with zero attached hydrogens (tertiary/aromatic N) is 3. The van der Waals surface area contributed by atoms with E-state index < -0.39 is 0 Å². The van der Waals surface area contributed by atoms with Crippen LogP contribution < -0.4 is 10.6 Å². The highest BCUT2D eigenvalue weighted by atomic mass is 16.5. The first kappa shape index (κ1) is 11.9. The van der Waals surface area contributed by atoms with Gasteiger partial charge in [-0.25, -0.2) is 0 Å². The summed E-state index contributed by atoms with van der Waals surface area (Å²) < 4.78 is 6.60. The molecule has 0 fully saturated rings. The monoisotopic (exact) mass is 261 g/mol. The number of fused-ring (bicyclic) bond motifs is 1. The molecule has 3 rings (SSSR count). The highest BCUT2D eigenvalue weighted by Gasteiger charge is 2.21. The SMILES string of the molecule is Cc1cc(C(=O)Nc2c3c(nn2C)CCNC3)no1. The summed E-state index contributed by atoms with van der Waals surface area (Å²) in [6.07, 6.45) is 0.877. The normalized spacial score (nSPS) is 14.2. The molecule has 7 nitrogen and oxygen atoms in total. The van der Waals surface area contributed by atoms with Crippen molar-refractivity contribution in [1.82, 2.24) is 20.3 Å². The molecule has 0 bridgehead atoms. The highest BCUT2D eigenvalue weighted by Crippen LogP contribution is 2.22. The number of hydrogen-bond acceptors (Lipinski definition) is 5. The van der Waals surface area contributed by atoms with Crippen LogP contribution in [0.4, 0.5) is 5.82 Å². The van der Waals surface area contributed by atoms with E-state index in [0.29, 0.717) is 11.6 Å². The minimum absolute atomic E-state index is 0.274. The molecule has 0 radical (unpaired) electrons. The minimum atomic E-state index is -0.284. The summed E-state index contributed by atoms with van der Waals surface area (Å²) in [4.78, 5) is 12.1. The zero-order valence-electron chi connectivity index (χ0n) is 10.9. The molecule has 2 aromatic heterocycles. The summed E-state index contributed by atoms with van der Waals surface area (Å²) in [5.74, 6) is 1.04. The minimum Gasteiger partial charge on any atom is -0.361 e.